The van der Waals surface area contributed by atoms with E-state index >= 15 is 0 Å². The van der Waals surface area contributed by atoms with E-state index in [1.807, 2.05) is 63.2 Å². The molecule has 4 aromatic rings. The van der Waals surface area contributed by atoms with E-state index in [0.29, 0.717) is 11.3 Å². The van der Waals surface area contributed by atoms with Crippen LogP contribution in [-0.2, 0) is 0 Å². The molecule has 0 saturated carbocycles. The lowest BCUT2D eigenvalue weighted by molar-refractivity contribution is 0.0994. The average Bonchev–Trinajstić information content (AvgIpc) is 3.21. The van der Waals surface area contributed by atoms with E-state index < -0.39 is 0 Å². The van der Waals surface area contributed by atoms with Crippen LogP contribution in [0.25, 0.3) is 22.2 Å². The largest absolute Gasteiger partial charge is 0.451 e. The summed E-state index contributed by atoms with van der Waals surface area (Å²) in [5, 5.41) is 7.67. The highest BCUT2D eigenvalue weighted by Gasteiger charge is 2.19. The van der Waals surface area contributed by atoms with Crippen molar-refractivity contribution in [3.05, 3.63) is 71.0 Å². The minimum Gasteiger partial charge on any atom is -0.451 e. The Hall–Kier alpha value is -3.34. The highest BCUT2D eigenvalue weighted by Crippen LogP contribution is 2.27. The zero-order chi connectivity index (χ0) is 18.3. The first-order valence-electron chi connectivity index (χ1n) is 8.36. The van der Waals surface area contributed by atoms with Gasteiger partial charge in [-0.25, -0.2) is 0 Å². The molecule has 0 spiro atoms. The van der Waals surface area contributed by atoms with Gasteiger partial charge in [0.2, 0.25) is 5.88 Å². The van der Waals surface area contributed by atoms with Gasteiger partial charge in [0.15, 0.2) is 5.76 Å². The lowest BCUT2D eigenvalue weighted by atomic mass is 10.1. The van der Waals surface area contributed by atoms with Gasteiger partial charge in [-0.15, -0.1) is 0 Å². The third-order valence-corrected chi connectivity index (χ3v) is 4.39. The Morgan fingerprint density at radius 3 is 2.46 bits per heavy atom. The van der Waals surface area contributed by atoms with E-state index in [4.69, 9.17) is 8.94 Å². The quantitative estimate of drug-likeness (QED) is 0.549. The topological polar surface area (TPSA) is 68.3 Å². The summed E-state index contributed by atoms with van der Waals surface area (Å²) in [4.78, 5) is 12.6. The maximum atomic E-state index is 12.6. The molecule has 5 nitrogen and oxygen atoms in total. The lowest BCUT2D eigenvalue weighted by Gasteiger charge is -1.98. The summed E-state index contributed by atoms with van der Waals surface area (Å²) >= 11 is 0. The van der Waals surface area contributed by atoms with E-state index in [-0.39, 0.29) is 17.6 Å². The first-order valence-corrected chi connectivity index (χ1v) is 8.36. The number of nitrogens with one attached hydrogen (secondary N) is 1. The van der Waals surface area contributed by atoms with E-state index in [9.17, 15) is 4.79 Å². The van der Waals surface area contributed by atoms with Gasteiger partial charge in [-0.2, -0.15) is 0 Å². The predicted molar refractivity (Wildman–Crippen MR) is 100 cm³/mol. The summed E-state index contributed by atoms with van der Waals surface area (Å²) < 4.78 is 11.0. The van der Waals surface area contributed by atoms with Crippen LogP contribution in [0.4, 0.5) is 5.88 Å². The summed E-state index contributed by atoms with van der Waals surface area (Å²) in [6.07, 6.45) is 0. The molecule has 0 saturated heterocycles. The first-order chi connectivity index (χ1) is 12.5. The molecule has 2 aromatic heterocycles. The van der Waals surface area contributed by atoms with Gasteiger partial charge in [0.05, 0.1) is 0 Å². The fourth-order valence-corrected chi connectivity index (χ4v) is 2.91. The van der Waals surface area contributed by atoms with Crippen molar-refractivity contribution in [3.63, 3.8) is 0 Å². The summed E-state index contributed by atoms with van der Waals surface area (Å²) in [5.41, 5.74) is 5.37. The molecule has 4 rings (SSSR count). The summed E-state index contributed by atoms with van der Waals surface area (Å²) in [6, 6.07) is 15.5. The molecule has 130 valence electrons. The van der Waals surface area contributed by atoms with Gasteiger partial charge in [-0.3, -0.25) is 10.1 Å². The van der Waals surface area contributed by atoms with Crippen molar-refractivity contribution in [2.45, 2.75) is 20.8 Å². The fourth-order valence-electron chi connectivity index (χ4n) is 2.91. The number of carbonyl (C=O) groups excluding carboxylic acids is 1. The highest BCUT2D eigenvalue weighted by atomic mass is 16.5. The molecule has 0 atom stereocenters. The number of nitrogens with zero attached hydrogens (tertiary/aromatic N) is 1. The Balaban J connectivity index is 1.59. The number of amides is 1. The summed E-state index contributed by atoms with van der Waals surface area (Å²) in [5.74, 6) is 0.198. The maximum absolute atomic E-state index is 12.6. The first kappa shape index (κ1) is 16.1. The van der Waals surface area contributed by atoms with Crippen molar-refractivity contribution in [2.75, 3.05) is 5.32 Å². The van der Waals surface area contributed by atoms with E-state index in [2.05, 4.69) is 10.5 Å². The highest BCUT2D eigenvalue weighted by molar-refractivity contribution is 6.06. The number of fused-ring (bicyclic) bond motifs is 1. The zero-order valence-corrected chi connectivity index (χ0v) is 14.8. The van der Waals surface area contributed by atoms with Crippen molar-refractivity contribution in [1.29, 1.82) is 0 Å². The van der Waals surface area contributed by atoms with Gasteiger partial charge in [-0.1, -0.05) is 46.6 Å². The number of hydrogen-bond acceptors (Lipinski definition) is 4. The molecule has 0 aliphatic rings. The molecule has 0 aliphatic heterocycles. The van der Waals surface area contributed by atoms with Crippen LogP contribution in [0.1, 0.15) is 27.2 Å². The van der Waals surface area contributed by atoms with E-state index in [0.717, 1.165) is 22.1 Å². The molecule has 5 heteroatoms. The van der Waals surface area contributed by atoms with Gasteiger partial charge in [0, 0.05) is 22.6 Å². The Morgan fingerprint density at radius 2 is 1.69 bits per heavy atom. The lowest BCUT2D eigenvalue weighted by Crippen LogP contribution is -2.11. The number of furan rings is 1. The maximum Gasteiger partial charge on any atom is 0.294 e. The van der Waals surface area contributed by atoms with Crippen LogP contribution in [-0.4, -0.2) is 11.1 Å². The molecular weight excluding hydrogens is 328 g/mol. The number of anilines is 1. The van der Waals surface area contributed by atoms with Crippen LogP contribution < -0.4 is 5.32 Å². The van der Waals surface area contributed by atoms with Gasteiger partial charge < -0.3 is 8.94 Å². The summed E-state index contributed by atoms with van der Waals surface area (Å²) in [7, 11) is 0. The normalized spacial score (nSPS) is 11.0. The molecule has 0 unspecified atom stereocenters. The minimum atomic E-state index is -0.358. The Morgan fingerprint density at radius 1 is 0.962 bits per heavy atom. The number of benzene rings is 2. The van der Waals surface area contributed by atoms with Crippen LogP contribution in [0.15, 0.2) is 57.5 Å². The number of hydrogen-bond donors (Lipinski definition) is 1. The van der Waals surface area contributed by atoms with Gasteiger partial charge in [0.1, 0.15) is 11.3 Å². The van der Waals surface area contributed by atoms with Crippen molar-refractivity contribution in [1.82, 2.24) is 5.16 Å². The molecule has 2 aromatic carbocycles. The Bertz CT molecular complexity index is 1100. The third-order valence-electron chi connectivity index (χ3n) is 4.39. The molecule has 0 radical (unpaired) electrons. The molecule has 2 heterocycles. The Kier molecular flexibility index (Phi) is 3.84. The standard InChI is InChI=1S/C21H18N2O3/c1-12-4-7-15(8-5-12)17-11-19(26-23-17)22-21(24)20-14(3)16-10-13(2)6-9-18(16)25-20/h4-11H,1-3H3,(H,22,24). The van der Waals surface area contributed by atoms with Crippen LogP contribution in [0.2, 0.25) is 0 Å². The second-order valence-corrected chi connectivity index (χ2v) is 6.45. The van der Waals surface area contributed by atoms with Gasteiger partial charge in [-0.05, 0) is 32.9 Å². The van der Waals surface area contributed by atoms with Crippen LogP contribution in [0.3, 0.4) is 0 Å². The fraction of sp³-hybridized carbons (Fsp3) is 0.143. The number of carbonyl (C=O) groups is 1. The molecule has 1 amide bonds. The third kappa shape index (κ3) is 2.88. The van der Waals surface area contributed by atoms with Gasteiger partial charge >= 0.3 is 0 Å². The van der Waals surface area contributed by atoms with Gasteiger partial charge in [0.25, 0.3) is 5.91 Å². The minimum absolute atomic E-state index is 0.277. The van der Waals surface area contributed by atoms with Crippen molar-refractivity contribution >= 4 is 22.8 Å². The number of rotatable bonds is 3. The molecular formula is C21H18N2O3. The van der Waals surface area contributed by atoms with Crippen molar-refractivity contribution in [2.24, 2.45) is 0 Å². The molecule has 1 N–H and O–H groups in total. The predicted octanol–water partition coefficient (Wildman–Crippen LogP) is 5.27. The monoisotopic (exact) mass is 346 g/mol. The average molecular weight is 346 g/mol. The van der Waals surface area contributed by atoms with Crippen LogP contribution in [0.5, 0.6) is 0 Å². The second-order valence-electron chi connectivity index (χ2n) is 6.45. The smallest absolute Gasteiger partial charge is 0.294 e. The number of aromatic nitrogens is 1. The summed E-state index contributed by atoms with van der Waals surface area (Å²) in [6.45, 7) is 5.90. The number of aryl methyl sites for hydroxylation is 3. The van der Waals surface area contributed by atoms with E-state index in [1.165, 1.54) is 5.56 Å². The van der Waals surface area contributed by atoms with Crippen molar-refractivity contribution in [3.8, 4) is 11.3 Å². The van der Waals surface area contributed by atoms with Crippen LogP contribution >= 0.6 is 0 Å². The molecule has 0 aliphatic carbocycles. The van der Waals surface area contributed by atoms with Crippen LogP contribution in [0, 0.1) is 20.8 Å². The molecule has 26 heavy (non-hydrogen) atoms. The second kappa shape index (κ2) is 6.19. The zero-order valence-electron chi connectivity index (χ0n) is 14.8. The van der Waals surface area contributed by atoms with Crippen molar-refractivity contribution < 1.29 is 13.7 Å². The SMILES string of the molecule is Cc1ccc(-c2cc(NC(=O)c3oc4ccc(C)cc4c3C)on2)cc1. The van der Waals surface area contributed by atoms with E-state index in [1.54, 1.807) is 6.07 Å². The molecule has 0 fully saturated rings. The molecule has 0 bridgehead atoms. The Labute approximate surface area is 150 Å².